The van der Waals surface area contributed by atoms with Crippen LogP contribution in [0, 0.1) is 11.8 Å². The Morgan fingerprint density at radius 3 is 3.14 bits per heavy atom. The summed E-state index contributed by atoms with van der Waals surface area (Å²) < 4.78 is 0. The highest BCUT2D eigenvalue weighted by molar-refractivity contribution is 6.31. The van der Waals surface area contributed by atoms with Gasteiger partial charge in [0.2, 0.25) is 0 Å². The monoisotopic (exact) mass is 318 g/mol. The molecule has 2 aliphatic heterocycles. The molecule has 2 saturated heterocycles. The fraction of sp³-hybridized carbons (Fsp3) is 0.588. The SMILES string of the molecule is Clc1ccc2nc(CCCC3NCC4CNCC3C4)[nH]c2c1. The molecule has 4 nitrogen and oxygen atoms in total. The summed E-state index contributed by atoms with van der Waals surface area (Å²) in [6.07, 6.45) is 4.81. The van der Waals surface area contributed by atoms with E-state index < -0.39 is 0 Å². The number of aryl methyl sites for hydroxylation is 1. The molecule has 0 radical (unpaired) electrons. The molecule has 5 heteroatoms. The van der Waals surface area contributed by atoms with E-state index in [0.29, 0.717) is 6.04 Å². The van der Waals surface area contributed by atoms with E-state index in [1.54, 1.807) is 0 Å². The molecule has 22 heavy (non-hydrogen) atoms. The number of fused-ring (bicyclic) bond motifs is 3. The second-order valence-corrected chi connectivity index (χ2v) is 7.21. The zero-order valence-electron chi connectivity index (χ0n) is 12.7. The molecule has 2 aromatic rings. The molecule has 4 rings (SSSR count). The average Bonchev–Trinajstić information content (AvgIpc) is 2.92. The number of rotatable bonds is 4. The Balaban J connectivity index is 1.34. The Kier molecular flexibility index (Phi) is 4.07. The molecule has 118 valence electrons. The van der Waals surface area contributed by atoms with E-state index in [9.17, 15) is 0 Å². The number of piperidine rings is 2. The van der Waals surface area contributed by atoms with Crippen molar-refractivity contribution in [3.63, 3.8) is 0 Å². The fourth-order valence-electron chi connectivity index (χ4n) is 3.99. The van der Waals surface area contributed by atoms with Gasteiger partial charge in [-0.2, -0.15) is 0 Å². The van der Waals surface area contributed by atoms with Crippen LogP contribution in [-0.4, -0.2) is 35.6 Å². The number of H-pyrrole nitrogens is 1. The summed E-state index contributed by atoms with van der Waals surface area (Å²) in [7, 11) is 0. The Morgan fingerprint density at radius 2 is 2.18 bits per heavy atom. The third-order valence-corrected chi connectivity index (χ3v) is 5.37. The van der Waals surface area contributed by atoms with Crippen LogP contribution in [0.4, 0.5) is 0 Å². The predicted molar refractivity (Wildman–Crippen MR) is 90.3 cm³/mol. The highest BCUT2D eigenvalue weighted by Crippen LogP contribution is 2.26. The molecule has 3 unspecified atom stereocenters. The van der Waals surface area contributed by atoms with Gasteiger partial charge in [0.1, 0.15) is 5.82 Å². The molecule has 0 aliphatic carbocycles. The lowest BCUT2D eigenvalue weighted by molar-refractivity contribution is 0.162. The van der Waals surface area contributed by atoms with Crippen molar-refractivity contribution >= 4 is 22.6 Å². The minimum absolute atomic E-state index is 0.669. The van der Waals surface area contributed by atoms with E-state index in [0.717, 1.165) is 40.1 Å². The number of hydrogen-bond acceptors (Lipinski definition) is 3. The van der Waals surface area contributed by atoms with Gasteiger partial charge in [-0.15, -0.1) is 0 Å². The van der Waals surface area contributed by atoms with Crippen LogP contribution >= 0.6 is 11.6 Å². The second kappa shape index (κ2) is 6.19. The van der Waals surface area contributed by atoms with Gasteiger partial charge >= 0.3 is 0 Å². The van der Waals surface area contributed by atoms with Gasteiger partial charge in [-0.3, -0.25) is 0 Å². The molecule has 1 aromatic carbocycles. The fourth-order valence-corrected chi connectivity index (χ4v) is 4.17. The first-order valence-electron chi connectivity index (χ1n) is 8.36. The van der Waals surface area contributed by atoms with Crippen LogP contribution in [-0.2, 0) is 6.42 Å². The normalized spacial score (nSPS) is 28.1. The van der Waals surface area contributed by atoms with Gasteiger partial charge in [0.05, 0.1) is 11.0 Å². The first kappa shape index (κ1) is 14.5. The van der Waals surface area contributed by atoms with E-state index >= 15 is 0 Å². The highest BCUT2D eigenvalue weighted by Gasteiger charge is 2.32. The van der Waals surface area contributed by atoms with Crippen LogP contribution in [0.2, 0.25) is 5.02 Å². The second-order valence-electron chi connectivity index (χ2n) is 6.77. The van der Waals surface area contributed by atoms with Crippen molar-refractivity contribution in [3.05, 3.63) is 29.0 Å². The van der Waals surface area contributed by atoms with Crippen LogP contribution in [0.15, 0.2) is 18.2 Å². The van der Waals surface area contributed by atoms with Crippen LogP contribution in [0.5, 0.6) is 0 Å². The standard InChI is InChI=1S/C17H23ClN4/c18-13-4-5-15-16(7-13)22-17(21-15)3-1-2-14-12-6-11(9-20-14)8-19-10-12/h4-5,7,11-12,14,19-20H,1-3,6,8-10H2,(H,21,22). The first-order valence-corrected chi connectivity index (χ1v) is 8.74. The summed E-state index contributed by atoms with van der Waals surface area (Å²) in [5.74, 6) is 2.73. The summed E-state index contributed by atoms with van der Waals surface area (Å²) in [6.45, 7) is 3.55. The topological polar surface area (TPSA) is 52.7 Å². The first-order chi connectivity index (χ1) is 10.8. The molecular formula is C17H23ClN4. The molecule has 3 N–H and O–H groups in total. The Morgan fingerprint density at radius 1 is 1.23 bits per heavy atom. The maximum absolute atomic E-state index is 6.02. The van der Waals surface area contributed by atoms with Crippen molar-refractivity contribution < 1.29 is 0 Å². The van der Waals surface area contributed by atoms with Gasteiger partial charge in [0.15, 0.2) is 0 Å². The van der Waals surface area contributed by atoms with Crippen molar-refractivity contribution in [2.45, 2.75) is 31.7 Å². The molecule has 0 amide bonds. The number of benzene rings is 1. The smallest absolute Gasteiger partial charge is 0.107 e. The summed E-state index contributed by atoms with van der Waals surface area (Å²) in [4.78, 5) is 8.04. The molecule has 3 heterocycles. The third-order valence-electron chi connectivity index (χ3n) is 5.14. The van der Waals surface area contributed by atoms with E-state index in [2.05, 4.69) is 20.6 Å². The lowest BCUT2D eigenvalue weighted by atomic mass is 9.80. The number of halogens is 1. The molecular weight excluding hydrogens is 296 g/mol. The van der Waals surface area contributed by atoms with Crippen molar-refractivity contribution in [3.8, 4) is 0 Å². The van der Waals surface area contributed by atoms with Crippen LogP contribution in [0.25, 0.3) is 11.0 Å². The molecule has 3 atom stereocenters. The van der Waals surface area contributed by atoms with E-state index in [1.165, 1.54) is 38.9 Å². The minimum atomic E-state index is 0.669. The molecule has 0 saturated carbocycles. The Bertz CT molecular complexity index is 653. The minimum Gasteiger partial charge on any atom is -0.342 e. The number of hydrogen-bond donors (Lipinski definition) is 3. The molecule has 1 aromatic heterocycles. The number of nitrogens with zero attached hydrogens (tertiary/aromatic N) is 1. The summed E-state index contributed by atoms with van der Waals surface area (Å²) in [5, 5.41) is 8.09. The van der Waals surface area contributed by atoms with Crippen LogP contribution in [0.3, 0.4) is 0 Å². The van der Waals surface area contributed by atoms with Gasteiger partial charge in [-0.05, 0) is 68.9 Å². The zero-order chi connectivity index (χ0) is 14.9. The van der Waals surface area contributed by atoms with Gasteiger partial charge in [0.25, 0.3) is 0 Å². The predicted octanol–water partition coefficient (Wildman–Crippen LogP) is 2.74. The van der Waals surface area contributed by atoms with E-state index in [4.69, 9.17) is 11.6 Å². The van der Waals surface area contributed by atoms with E-state index in [1.807, 2.05) is 18.2 Å². The van der Waals surface area contributed by atoms with Crippen LogP contribution < -0.4 is 10.6 Å². The lowest BCUT2D eigenvalue weighted by Crippen LogP contribution is -2.54. The van der Waals surface area contributed by atoms with Gasteiger partial charge in [0, 0.05) is 17.5 Å². The lowest BCUT2D eigenvalue weighted by Gasteiger charge is -2.41. The molecule has 2 aliphatic rings. The van der Waals surface area contributed by atoms with Crippen molar-refractivity contribution in [2.24, 2.45) is 11.8 Å². The van der Waals surface area contributed by atoms with E-state index in [-0.39, 0.29) is 0 Å². The number of nitrogens with one attached hydrogen (secondary N) is 3. The van der Waals surface area contributed by atoms with Gasteiger partial charge in [-0.1, -0.05) is 11.6 Å². The maximum Gasteiger partial charge on any atom is 0.107 e. The molecule has 2 bridgehead atoms. The van der Waals surface area contributed by atoms with Crippen molar-refractivity contribution in [1.82, 2.24) is 20.6 Å². The largest absolute Gasteiger partial charge is 0.342 e. The number of aromatic amines is 1. The number of imidazole rings is 1. The average molecular weight is 319 g/mol. The van der Waals surface area contributed by atoms with Crippen molar-refractivity contribution in [1.29, 1.82) is 0 Å². The van der Waals surface area contributed by atoms with Crippen LogP contribution in [0.1, 0.15) is 25.1 Å². The van der Waals surface area contributed by atoms with Gasteiger partial charge < -0.3 is 15.6 Å². The molecule has 2 fully saturated rings. The summed E-state index contributed by atoms with van der Waals surface area (Å²) >= 11 is 6.02. The zero-order valence-corrected chi connectivity index (χ0v) is 13.5. The number of aromatic nitrogens is 2. The third kappa shape index (κ3) is 3.00. The molecule has 0 spiro atoms. The Hall–Kier alpha value is -1.10. The van der Waals surface area contributed by atoms with Gasteiger partial charge in [-0.25, -0.2) is 4.98 Å². The highest BCUT2D eigenvalue weighted by atomic mass is 35.5. The summed E-state index contributed by atoms with van der Waals surface area (Å²) in [6, 6.07) is 6.49. The summed E-state index contributed by atoms with van der Waals surface area (Å²) in [5.41, 5.74) is 2.05. The Labute approximate surface area is 136 Å². The quantitative estimate of drug-likeness (QED) is 0.812. The maximum atomic E-state index is 6.02. The van der Waals surface area contributed by atoms with Crippen molar-refractivity contribution in [2.75, 3.05) is 19.6 Å².